The summed E-state index contributed by atoms with van der Waals surface area (Å²) in [5.74, 6) is -0.202. The molecule has 1 amide bonds. The summed E-state index contributed by atoms with van der Waals surface area (Å²) >= 11 is 0. The van der Waals surface area contributed by atoms with Gasteiger partial charge in [0.05, 0.1) is 4.90 Å². The molecule has 2 aromatic carbocycles. The fourth-order valence-corrected chi connectivity index (χ4v) is 3.73. The predicted molar refractivity (Wildman–Crippen MR) is 95.4 cm³/mol. The Hall–Kier alpha value is -2.18. The second-order valence-electron chi connectivity index (χ2n) is 5.91. The van der Waals surface area contributed by atoms with E-state index in [9.17, 15) is 13.2 Å². The quantitative estimate of drug-likeness (QED) is 0.872. The summed E-state index contributed by atoms with van der Waals surface area (Å²) in [5, 5.41) is 2.61. The maximum Gasteiger partial charge on any atom is 0.241 e. The van der Waals surface area contributed by atoms with Crippen LogP contribution >= 0.6 is 0 Å². The van der Waals surface area contributed by atoms with Gasteiger partial charge in [0.1, 0.15) is 0 Å². The van der Waals surface area contributed by atoms with Crippen LogP contribution in [0.25, 0.3) is 0 Å². The summed E-state index contributed by atoms with van der Waals surface area (Å²) in [5.41, 5.74) is 3.63. The molecule has 0 aromatic heterocycles. The van der Waals surface area contributed by atoms with Crippen molar-refractivity contribution in [3.63, 3.8) is 0 Å². The van der Waals surface area contributed by atoms with Crippen molar-refractivity contribution < 1.29 is 13.2 Å². The number of hydrogen-bond acceptors (Lipinski definition) is 3. The normalized spacial score (nSPS) is 12.7. The molecule has 0 heterocycles. The van der Waals surface area contributed by atoms with Crippen LogP contribution < -0.4 is 10.0 Å². The number of carbonyl (C=O) groups is 1. The highest BCUT2D eigenvalue weighted by atomic mass is 32.2. The molecular weight excluding hydrogens is 324 g/mol. The van der Waals surface area contributed by atoms with Gasteiger partial charge in [0.15, 0.2) is 0 Å². The lowest BCUT2D eigenvalue weighted by Gasteiger charge is -2.17. The molecule has 0 aliphatic heterocycles. The first kappa shape index (κ1) is 18.2. The van der Waals surface area contributed by atoms with Crippen molar-refractivity contribution in [2.75, 3.05) is 5.32 Å². The van der Waals surface area contributed by atoms with E-state index in [0.717, 1.165) is 16.7 Å². The molecule has 2 N–H and O–H groups in total. The van der Waals surface area contributed by atoms with E-state index in [0.29, 0.717) is 5.69 Å². The minimum atomic E-state index is -3.65. The van der Waals surface area contributed by atoms with Crippen molar-refractivity contribution >= 4 is 21.6 Å². The van der Waals surface area contributed by atoms with Crippen LogP contribution in [0.5, 0.6) is 0 Å². The van der Waals surface area contributed by atoms with Gasteiger partial charge in [0.25, 0.3) is 0 Å². The fourth-order valence-electron chi connectivity index (χ4n) is 2.51. The van der Waals surface area contributed by atoms with Crippen molar-refractivity contribution in [2.45, 2.75) is 38.6 Å². The average molecular weight is 346 g/mol. The van der Waals surface area contributed by atoms with Gasteiger partial charge in [-0.25, -0.2) is 13.1 Å². The summed E-state index contributed by atoms with van der Waals surface area (Å²) in [6, 6.07) is 11.7. The third-order valence-electron chi connectivity index (χ3n) is 3.72. The van der Waals surface area contributed by atoms with Gasteiger partial charge in [0, 0.05) is 18.7 Å². The van der Waals surface area contributed by atoms with Gasteiger partial charge in [-0.3, -0.25) is 4.79 Å². The number of carbonyl (C=O) groups excluding carboxylic acids is 1. The summed E-state index contributed by atoms with van der Waals surface area (Å²) in [6.45, 7) is 7.16. The highest BCUT2D eigenvalue weighted by Crippen LogP contribution is 2.22. The van der Waals surface area contributed by atoms with Crippen LogP contribution in [0, 0.1) is 13.8 Å². The van der Waals surface area contributed by atoms with Crippen molar-refractivity contribution in [2.24, 2.45) is 0 Å². The third kappa shape index (κ3) is 4.43. The van der Waals surface area contributed by atoms with E-state index in [4.69, 9.17) is 0 Å². The lowest BCUT2D eigenvalue weighted by Crippen LogP contribution is -2.27. The second-order valence-corrected chi connectivity index (χ2v) is 7.62. The van der Waals surface area contributed by atoms with Crippen molar-refractivity contribution in [1.82, 2.24) is 4.72 Å². The van der Waals surface area contributed by atoms with Gasteiger partial charge in [-0.15, -0.1) is 0 Å². The number of anilines is 1. The Morgan fingerprint density at radius 1 is 1.04 bits per heavy atom. The van der Waals surface area contributed by atoms with Gasteiger partial charge >= 0.3 is 0 Å². The molecule has 5 nitrogen and oxygen atoms in total. The molecule has 6 heteroatoms. The van der Waals surface area contributed by atoms with Crippen LogP contribution in [0.1, 0.15) is 36.6 Å². The van der Waals surface area contributed by atoms with E-state index >= 15 is 0 Å². The summed E-state index contributed by atoms with van der Waals surface area (Å²) in [4.78, 5) is 11.2. The Morgan fingerprint density at radius 3 is 2.25 bits per heavy atom. The van der Waals surface area contributed by atoms with Crippen LogP contribution in [0.2, 0.25) is 0 Å². The lowest BCUT2D eigenvalue weighted by atomic mass is 10.0. The van der Waals surface area contributed by atoms with Gasteiger partial charge in [0.2, 0.25) is 15.9 Å². The number of sulfonamides is 1. The lowest BCUT2D eigenvalue weighted by molar-refractivity contribution is -0.114. The number of aryl methyl sites for hydroxylation is 2. The highest BCUT2D eigenvalue weighted by Gasteiger charge is 2.19. The summed E-state index contributed by atoms with van der Waals surface area (Å²) in [6.07, 6.45) is 0. The van der Waals surface area contributed by atoms with E-state index in [-0.39, 0.29) is 16.8 Å². The molecule has 0 aliphatic carbocycles. The molecular formula is C18H22N2O3S. The van der Waals surface area contributed by atoms with Crippen LogP contribution in [0.3, 0.4) is 0 Å². The van der Waals surface area contributed by atoms with Gasteiger partial charge in [-0.1, -0.05) is 23.8 Å². The van der Waals surface area contributed by atoms with Gasteiger partial charge in [-0.05, 0) is 56.2 Å². The first-order valence-electron chi connectivity index (χ1n) is 7.66. The van der Waals surface area contributed by atoms with Crippen LogP contribution in [-0.4, -0.2) is 14.3 Å². The standard InChI is InChI=1S/C18H22N2O3S/c1-12-5-6-13(2)18(11-12)14(3)20-24(22,23)17-9-7-16(8-10-17)19-15(4)21/h5-11,14,20H,1-4H3,(H,19,21)/t14-/m1/s1. The number of nitrogens with one attached hydrogen (secondary N) is 2. The predicted octanol–water partition coefficient (Wildman–Crippen LogP) is 3.30. The van der Waals surface area contributed by atoms with E-state index in [1.807, 2.05) is 39.0 Å². The topological polar surface area (TPSA) is 75.3 Å². The molecule has 128 valence electrons. The molecule has 24 heavy (non-hydrogen) atoms. The zero-order valence-electron chi connectivity index (χ0n) is 14.3. The Morgan fingerprint density at radius 2 is 1.67 bits per heavy atom. The summed E-state index contributed by atoms with van der Waals surface area (Å²) < 4.78 is 27.8. The minimum Gasteiger partial charge on any atom is -0.326 e. The fraction of sp³-hybridized carbons (Fsp3) is 0.278. The van der Waals surface area contributed by atoms with Crippen LogP contribution in [0.15, 0.2) is 47.4 Å². The molecule has 2 rings (SSSR count). The Kier molecular flexibility index (Phi) is 5.41. The molecule has 0 fully saturated rings. The van der Waals surface area contributed by atoms with E-state index in [2.05, 4.69) is 10.0 Å². The maximum atomic E-state index is 12.5. The summed E-state index contributed by atoms with van der Waals surface area (Å²) in [7, 11) is -3.65. The monoisotopic (exact) mass is 346 g/mol. The average Bonchev–Trinajstić information content (AvgIpc) is 2.49. The third-order valence-corrected chi connectivity index (χ3v) is 5.27. The second kappa shape index (κ2) is 7.15. The van der Waals surface area contributed by atoms with Crippen molar-refractivity contribution in [3.05, 3.63) is 59.2 Å². The molecule has 0 saturated carbocycles. The van der Waals surface area contributed by atoms with Crippen LogP contribution in [0.4, 0.5) is 5.69 Å². The number of hydrogen-bond donors (Lipinski definition) is 2. The Balaban J connectivity index is 2.21. The molecule has 0 spiro atoms. The number of amides is 1. The van der Waals surface area contributed by atoms with E-state index in [1.165, 1.54) is 19.1 Å². The van der Waals surface area contributed by atoms with Gasteiger partial charge < -0.3 is 5.32 Å². The largest absolute Gasteiger partial charge is 0.326 e. The first-order valence-corrected chi connectivity index (χ1v) is 9.14. The van der Waals surface area contributed by atoms with E-state index < -0.39 is 10.0 Å². The maximum absolute atomic E-state index is 12.5. The van der Waals surface area contributed by atoms with Crippen molar-refractivity contribution in [1.29, 1.82) is 0 Å². The SMILES string of the molecule is CC(=O)Nc1ccc(S(=O)(=O)N[C@H](C)c2cc(C)ccc2C)cc1. The molecule has 1 atom stereocenters. The Bertz CT molecular complexity index is 843. The zero-order chi connectivity index (χ0) is 17.9. The molecule has 0 radical (unpaired) electrons. The minimum absolute atomic E-state index is 0.161. The smallest absolute Gasteiger partial charge is 0.241 e. The molecule has 0 aliphatic rings. The molecule has 0 saturated heterocycles. The number of benzene rings is 2. The molecule has 2 aromatic rings. The van der Waals surface area contributed by atoms with Crippen molar-refractivity contribution in [3.8, 4) is 0 Å². The zero-order valence-corrected chi connectivity index (χ0v) is 15.1. The highest BCUT2D eigenvalue weighted by molar-refractivity contribution is 7.89. The molecule has 0 unspecified atom stereocenters. The van der Waals surface area contributed by atoms with Gasteiger partial charge in [-0.2, -0.15) is 0 Å². The Labute approximate surface area is 143 Å². The molecule has 0 bridgehead atoms. The number of rotatable bonds is 5. The first-order chi connectivity index (χ1) is 11.2. The van der Waals surface area contributed by atoms with E-state index in [1.54, 1.807) is 12.1 Å². The van der Waals surface area contributed by atoms with Crippen LogP contribution in [-0.2, 0) is 14.8 Å².